The molecule has 0 bridgehead atoms. The van der Waals surface area contributed by atoms with Crippen LogP contribution < -0.4 is 5.32 Å². The number of carboxylic acids is 1. The summed E-state index contributed by atoms with van der Waals surface area (Å²) in [5.41, 5.74) is -0.324. The Morgan fingerprint density at radius 1 is 1.40 bits per heavy atom. The number of hydrogen-bond acceptors (Lipinski definition) is 3. The molecule has 0 spiro atoms. The Labute approximate surface area is 116 Å². The zero-order chi connectivity index (χ0) is 15.1. The lowest BCUT2D eigenvalue weighted by Gasteiger charge is -2.12. The quantitative estimate of drug-likeness (QED) is 0.805. The summed E-state index contributed by atoms with van der Waals surface area (Å²) in [5.74, 6) is -2.32. The molecule has 0 saturated heterocycles. The van der Waals surface area contributed by atoms with E-state index in [0.29, 0.717) is 19.4 Å². The predicted molar refractivity (Wildman–Crippen MR) is 70.2 cm³/mol. The van der Waals surface area contributed by atoms with E-state index in [-0.39, 0.29) is 23.6 Å². The molecule has 1 unspecified atom stereocenters. The maximum atomic E-state index is 13.5. The molecule has 1 atom stereocenters. The zero-order valence-electron chi connectivity index (χ0n) is 11.1. The van der Waals surface area contributed by atoms with Gasteiger partial charge in [0.15, 0.2) is 11.6 Å². The van der Waals surface area contributed by atoms with Crippen LogP contribution in [-0.4, -0.2) is 17.6 Å². The fraction of sp³-hybridized carbons (Fsp3) is 0.429. The normalized spacial score (nSPS) is 11.7. The van der Waals surface area contributed by atoms with Gasteiger partial charge < -0.3 is 10.4 Å². The number of aliphatic carboxylic acids is 1. The first-order chi connectivity index (χ1) is 9.43. The summed E-state index contributed by atoms with van der Waals surface area (Å²) in [6, 6.07) is 3.62. The maximum absolute atomic E-state index is 13.5. The fourth-order valence-corrected chi connectivity index (χ4v) is 1.76. The van der Waals surface area contributed by atoms with Crippen molar-refractivity contribution in [1.82, 2.24) is 0 Å². The minimum absolute atomic E-state index is 0.0691. The van der Waals surface area contributed by atoms with Crippen LogP contribution in [0.2, 0.25) is 0 Å². The number of carbonyl (C=O) groups is 1. The van der Waals surface area contributed by atoms with Crippen LogP contribution >= 0.6 is 0 Å². The molecular weight excluding hydrogens is 266 g/mol. The number of benzene rings is 1. The topological polar surface area (TPSA) is 73.1 Å². The molecule has 0 fully saturated rings. The molecule has 4 nitrogen and oxygen atoms in total. The molecule has 0 aliphatic heterocycles. The number of halogens is 2. The van der Waals surface area contributed by atoms with Crippen LogP contribution in [0.5, 0.6) is 0 Å². The summed E-state index contributed by atoms with van der Waals surface area (Å²) in [4.78, 5) is 10.4. The van der Waals surface area contributed by atoms with E-state index in [9.17, 15) is 13.6 Å². The van der Waals surface area contributed by atoms with Crippen molar-refractivity contribution < 1.29 is 18.7 Å². The molecule has 20 heavy (non-hydrogen) atoms. The molecule has 1 rings (SSSR count). The van der Waals surface area contributed by atoms with Gasteiger partial charge in [-0.2, -0.15) is 5.26 Å². The lowest BCUT2D eigenvalue weighted by molar-refractivity contribution is -0.137. The van der Waals surface area contributed by atoms with E-state index in [1.807, 2.05) is 6.92 Å². The van der Waals surface area contributed by atoms with Gasteiger partial charge in [0.05, 0.1) is 11.6 Å². The third kappa shape index (κ3) is 4.84. The zero-order valence-corrected chi connectivity index (χ0v) is 11.1. The number of anilines is 1. The van der Waals surface area contributed by atoms with E-state index in [1.165, 1.54) is 0 Å². The minimum atomic E-state index is -0.853. The summed E-state index contributed by atoms with van der Waals surface area (Å²) in [6.45, 7) is 2.22. The minimum Gasteiger partial charge on any atom is -0.481 e. The Bertz CT molecular complexity index is 503. The van der Waals surface area contributed by atoms with E-state index in [1.54, 1.807) is 6.07 Å². The lowest BCUT2D eigenvalue weighted by Crippen LogP contribution is -2.10. The molecule has 0 amide bonds. The Kier molecular flexibility index (Phi) is 5.91. The third-order valence-electron chi connectivity index (χ3n) is 2.96. The molecular formula is C14H16F2N2O2. The van der Waals surface area contributed by atoms with Gasteiger partial charge in [-0.15, -0.1) is 0 Å². The largest absolute Gasteiger partial charge is 0.481 e. The van der Waals surface area contributed by atoms with Crippen molar-refractivity contribution in [2.45, 2.75) is 26.2 Å². The standard InChI is InChI=1S/C14H16F2N2O2/c1-9(2-3-13(19)20)4-5-18-14-11(15)6-10(8-17)7-12(14)16/h6-7,9,18H,2-5H2,1H3,(H,19,20). The van der Waals surface area contributed by atoms with Crippen LogP contribution in [0.1, 0.15) is 31.7 Å². The van der Waals surface area contributed by atoms with Crippen molar-refractivity contribution in [3.05, 3.63) is 29.3 Å². The monoisotopic (exact) mass is 282 g/mol. The highest BCUT2D eigenvalue weighted by Crippen LogP contribution is 2.21. The molecule has 6 heteroatoms. The Morgan fingerprint density at radius 3 is 2.50 bits per heavy atom. The molecule has 0 aliphatic rings. The number of nitriles is 1. The fourth-order valence-electron chi connectivity index (χ4n) is 1.76. The maximum Gasteiger partial charge on any atom is 0.303 e. The van der Waals surface area contributed by atoms with Crippen LogP contribution in [0.3, 0.4) is 0 Å². The highest BCUT2D eigenvalue weighted by Gasteiger charge is 2.11. The van der Waals surface area contributed by atoms with E-state index >= 15 is 0 Å². The van der Waals surface area contributed by atoms with Crippen LogP contribution in [0.25, 0.3) is 0 Å². The average Bonchev–Trinajstić information content (AvgIpc) is 2.39. The second-order valence-corrected chi connectivity index (χ2v) is 4.68. The van der Waals surface area contributed by atoms with Gasteiger partial charge in [-0.05, 0) is 30.9 Å². The first-order valence-electron chi connectivity index (χ1n) is 6.28. The van der Waals surface area contributed by atoms with Crippen LogP contribution in [0, 0.1) is 28.9 Å². The molecule has 0 aliphatic carbocycles. The Morgan fingerprint density at radius 2 is 2.00 bits per heavy atom. The number of hydrogen-bond donors (Lipinski definition) is 2. The van der Waals surface area contributed by atoms with Crippen molar-refractivity contribution in [2.24, 2.45) is 5.92 Å². The smallest absolute Gasteiger partial charge is 0.303 e. The van der Waals surface area contributed by atoms with Crippen molar-refractivity contribution in [1.29, 1.82) is 5.26 Å². The molecule has 0 heterocycles. The van der Waals surface area contributed by atoms with Crippen LogP contribution in [0.4, 0.5) is 14.5 Å². The number of rotatable bonds is 7. The summed E-state index contributed by atoms with van der Waals surface area (Å²) in [7, 11) is 0. The molecule has 108 valence electrons. The summed E-state index contributed by atoms with van der Waals surface area (Å²) in [5, 5.41) is 19.8. The van der Waals surface area contributed by atoms with E-state index in [0.717, 1.165) is 12.1 Å². The summed E-state index contributed by atoms with van der Waals surface area (Å²) in [6.07, 6.45) is 1.21. The van der Waals surface area contributed by atoms with Gasteiger partial charge in [-0.25, -0.2) is 8.78 Å². The van der Waals surface area contributed by atoms with Crippen LogP contribution in [0.15, 0.2) is 12.1 Å². The number of nitrogens with zero attached hydrogens (tertiary/aromatic N) is 1. The van der Waals surface area contributed by atoms with E-state index in [2.05, 4.69) is 5.32 Å². The van der Waals surface area contributed by atoms with Gasteiger partial charge >= 0.3 is 5.97 Å². The number of nitrogens with one attached hydrogen (secondary N) is 1. The SMILES string of the molecule is CC(CCNc1c(F)cc(C#N)cc1F)CCC(=O)O. The van der Waals surface area contributed by atoms with Crippen molar-refractivity contribution >= 4 is 11.7 Å². The summed E-state index contributed by atoms with van der Waals surface area (Å²) < 4.78 is 27.1. The van der Waals surface area contributed by atoms with Crippen molar-refractivity contribution in [3.8, 4) is 6.07 Å². The lowest BCUT2D eigenvalue weighted by atomic mass is 10.0. The second-order valence-electron chi connectivity index (χ2n) is 4.68. The average molecular weight is 282 g/mol. The first-order valence-corrected chi connectivity index (χ1v) is 6.28. The van der Waals surface area contributed by atoms with Crippen molar-refractivity contribution in [2.75, 3.05) is 11.9 Å². The van der Waals surface area contributed by atoms with Gasteiger partial charge in [0.1, 0.15) is 5.69 Å². The Hall–Kier alpha value is -2.16. The highest BCUT2D eigenvalue weighted by molar-refractivity contribution is 5.66. The summed E-state index contributed by atoms with van der Waals surface area (Å²) >= 11 is 0. The molecule has 0 saturated carbocycles. The van der Waals surface area contributed by atoms with Crippen molar-refractivity contribution in [3.63, 3.8) is 0 Å². The second kappa shape index (κ2) is 7.43. The van der Waals surface area contributed by atoms with Gasteiger partial charge in [-0.3, -0.25) is 4.79 Å². The molecule has 0 aromatic heterocycles. The predicted octanol–water partition coefficient (Wildman–Crippen LogP) is 3.14. The molecule has 1 aromatic rings. The van der Waals surface area contributed by atoms with Gasteiger partial charge in [0, 0.05) is 13.0 Å². The first kappa shape index (κ1) is 15.9. The molecule has 0 radical (unpaired) electrons. The van der Waals surface area contributed by atoms with Crippen LogP contribution in [-0.2, 0) is 4.79 Å². The van der Waals surface area contributed by atoms with Gasteiger partial charge in [-0.1, -0.05) is 6.92 Å². The third-order valence-corrected chi connectivity index (χ3v) is 2.96. The Balaban J connectivity index is 2.50. The van der Waals surface area contributed by atoms with Gasteiger partial charge in [0.25, 0.3) is 0 Å². The highest BCUT2D eigenvalue weighted by atomic mass is 19.1. The van der Waals surface area contributed by atoms with E-state index in [4.69, 9.17) is 10.4 Å². The molecule has 1 aromatic carbocycles. The number of carboxylic acid groups (broad SMARTS) is 1. The van der Waals surface area contributed by atoms with Gasteiger partial charge in [0.2, 0.25) is 0 Å². The van der Waals surface area contributed by atoms with E-state index < -0.39 is 17.6 Å². The molecule has 2 N–H and O–H groups in total.